The van der Waals surface area contributed by atoms with Gasteiger partial charge in [-0.15, -0.1) is 0 Å². The van der Waals surface area contributed by atoms with Gasteiger partial charge in [-0.25, -0.2) is 23.4 Å². The number of hydrogen-bond donors (Lipinski definition) is 0. The highest BCUT2D eigenvalue weighted by molar-refractivity contribution is 7.88. The van der Waals surface area contributed by atoms with Gasteiger partial charge >= 0.3 is 0 Å². The van der Waals surface area contributed by atoms with Gasteiger partial charge in [0, 0.05) is 26.0 Å². The van der Waals surface area contributed by atoms with Crippen LogP contribution in [0.3, 0.4) is 0 Å². The molecule has 1 saturated heterocycles. The molecular formula is C15H21N5O2S. The molecule has 2 aromatic rings. The molecule has 0 radical (unpaired) electrons. The Labute approximate surface area is 136 Å². The summed E-state index contributed by atoms with van der Waals surface area (Å²) in [6, 6.07) is 1.64. The van der Waals surface area contributed by atoms with Crippen molar-refractivity contribution in [3.05, 3.63) is 30.0 Å². The number of aryl methyl sites for hydroxylation is 2. The van der Waals surface area contributed by atoms with Crippen molar-refractivity contribution < 1.29 is 8.42 Å². The molecule has 0 aromatic carbocycles. The maximum atomic E-state index is 12.1. The van der Waals surface area contributed by atoms with E-state index in [1.165, 1.54) is 6.26 Å². The van der Waals surface area contributed by atoms with E-state index in [-0.39, 0.29) is 6.04 Å². The van der Waals surface area contributed by atoms with Crippen LogP contribution in [-0.2, 0) is 17.1 Å². The molecule has 1 fully saturated rings. The summed E-state index contributed by atoms with van der Waals surface area (Å²) >= 11 is 0. The van der Waals surface area contributed by atoms with Crippen molar-refractivity contribution >= 4 is 10.0 Å². The molecule has 0 spiro atoms. The van der Waals surface area contributed by atoms with Gasteiger partial charge in [-0.1, -0.05) is 6.42 Å². The summed E-state index contributed by atoms with van der Waals surface area (Å²) in [7, 11) is -1.35. The second-order valence-corrected chi connectivity index (χ2v) is 7.91. The predicted octanol–water partition coefficient (Wildman–Crippen LogP) is 1.67. The Morgan fingerprint density at radius 3 is 2.70 bits per heavy atom. The van der Waals surface area contributed by atoms with Crippen LogP contribution in [0.25, 0.3) is 11.5 Å². The largest absolute Gasteiger partial charge is 0.333 e. The molecule has 3 rings (SSSR count). The standard InChI is InChI=1S/C15H21N5O2S/c1-11-17-12(10-13(18-11)15-16-7-9-19(15)2)14-6-4-5-8-20(14)23(3,21)22/h7,9-10,14H,4-6,8H2,1-3H3. The van der Waals surface area contributed by atoms with Crippen LogP contribution in [0.1, 0.15) is 36.8 Å². The average molecular weight is 335 g/mol. The van der Waals surface area contributed by atoms with E-state index < -0.39 is 10.0 Å². The first kappa shape index (κ1) is 16.1. The van der Waals surface area contributed by atoms with Crippen molar-refractivity contribution in [2.75, 3.05) is 12.8 Å². The predicted molar refractivity (Wildman–Crippen MR) is 87.1 cm³/mol. The van der Waals surface area contributed by atoms with E-state index in [1.54, 1.807) is 10.5 Å². The molecule has 124 valence electrons. The molecule has 2 aromatic heterocycles. The zero-order valence-corrected chi connectivity index (χ0v) is 14.4. The molecule has 1 unspecified atom stereocenters. The summed E-state index contributed by atoms with van der Waals surface area (Å²) in [6.45, 7) is 2.37. The lowest BCUT2D eigenvalue weighted by Crippen LogP contribution is -2.38. The van der Waals surface area contributed by atoms with Crippen LogP contribution in [0, 0.1) is 6.92 Å². The molecule has 8 heteroatoms. The number of aromatic nitrogens is 4. The third-order valence-corrected chi connectivity index (χ3v) is 5.42. The molecule has 23 heavy (non-hydrogen) atoms. The van der Waals surface area contributed by atoms with Gasteiger partial charge in [-0.3, -0.25) is 0 Å². The maximum absolute atomic E-state index is 12.1. The first-order chi connectivity index (χ1) is 10.9. The van der Waals surface area contributed by atoms with Crippen molar-refractivity contribution in [3.63, 3.8) is 0 Å². The summed E-state index contributed by atoms with van der Waals surface area (Å²) in [5.74, 6) is 1.37. The lowest BCUT2D eigenvalue weighted by atomic mass is 10.0. The number of sulfonamides is 1. The van der Waals surface area contributed by atoms with Crippen LogP contribution in [0.15, 0.2) is 18.5 Å². The van der Waals surface area contributed by atoms with Crippen molar-refractivity contribution in [2.24, 2.45) is 7.05 Å². The molecule has 0 N–H and O–H groups in total. The number of nitrogens with zero attached hydrogens (tertiary/aromatic N) is 5. The van der Waals surface area contributed by atoms with E-state index >= 15 is 0 Å². The molecular weight excluding hydrogens is 314 g/mol. The van der Waals surface area contributed by atoms with Gasteiger partial charge in [0.05, 0.1) is 18.0 Å². The van der Waals surface area contributed by atoms with E-state index in [4.69, 9.17) is 0 Å². The van der Waals surface area contributed by atoms with E-state index in [1.807, 2.05) is 30.8 Å². The van der Waals surface area contributed by atoms with Gasteiger partial charge in [-0.05, 0) is 25.8 Å². The molecule has 7 nitrogen and oxygen atoms in total. The highest BCUT2D eigenvalue weighted by Crippen LogP contribution is 2.33. The van der Waals surface area contributed by atoms with Crippen LogP contribution in [-0.4, -0.2) is 45.0 Å². The van der Waals surface area contributed by atoms with Gasteiger partial charge < -0.3 is 4.57 Å². The fraction of sp³-hybridized carbons (Fsp3) is 0.533. The fourth-order valence-electron chi connectivity index (χ4n) is 3.09. The zero-order chi connectivity index (χ0) is 16.6. The van der Waals surface area contributed by atoms with Crippen molar-refractivity contribution in [1.29, 1.82) is 0 Å². The lowest BCUT2D eigenvalue weighted by molar-refractivity contribution is 0.252. The molecule has 1 atom stereocenters. The van der Waals surface area contributed by atoms with Crippen LogP contribution in [0.2, 0.25) is 0 Å². The smallest absolute Gasteiger partial charge is 0.211 e. The van der Waals surface area contributed by atoms with Crippen molar-refractivity contribution in [3.8, 4) is 11.5 Å². The fourth-order valence-corrected chi connectivity index (χ4v) is 4.22. The Morgan fingerprint density at radius 2 is 2.04 bits per heavy atom. The summed E-state index contributed by atoms with van der Waals surface area (Å²) < 4.78 is 27.6. The van der Waals surface area contributed by atoms with E-state index in [0.29, 0.717) is 12.4 Å². The Morgan fingerprint density at radius 1 is 1.26 bits per heavy atom. The second kappa shape index (κ2) is 6.01. The minimum Gasteiger partial charge on any atom is -0.333 e. The summed E-state index contributed by atoms with van der Waals surface area (Å²) in [5, 5.41) is 0. The Hall–Kier alpha value is -1.80. The topological polar surface area (TPSA) is 81.0 Å². The number of rotatable bonds is 3. The van der Waals surface area contributed by atoms with Crippen molar-refractivity contribution in [2.45, 2.75) is 32.2 Å². The zero-order valence-electron chi connectivity index (χ0n) is 13.6. The number of imidazole rings is 1. The quantitative estimate of drug-likeness (QED) is 0.852. The average Bonchev–Trinajstić information content (AvgIpc) is 2.92. The van der Waals surface area contributed by atoms with Gasteiger partial charge in [0.1, 0.15) is 11.5 Å². The van der Waals surface area contributed by atoms with Crippen molar-refractivity contribution in [1.82, 2.24) is 23.8 Å². The normalized spacial score (nSPS) is 19.9. The van der Waals surface area contributed by atoms with Crippen LogP contribution < -0.4 is 0 Å². The van der Waals surface area contributed by atoms with Gasteiger partial charge in [0.2, 0.25) is 10.0 Å². The first-order valence-electron chi connectivity index (χ1n) is 7.66. The SMILES string of the molecule is Cc1nc(-c2nccn2C)cc(C2CCCCN2S(C)(=O)=O)n1. The first-order valence-corrected chi connectivity index (χ1v) is 9.51. The van der Waals surface area contributed by atoms with Crippen LogP contribution >= 0.6 is 0 Å². The van der Waals surface area contributed by atoms with Crippen LogP contribution in [0.5, 0.6) is 0 Å². The third kappa shape index (κ3) is 3.28. The molecule has 1 aliphatic rings. The molecule has 0 aliphatic carbocycles. The molecule has 0 bridgehead atoms. The Balaban J connectivity index is 2.05. The minimum absolute atomic E-state index is 0.223. The highest BCUT2D eigenvalue weighted by Gasteiger charge is 2.32. The van der Waals surface area contributed by atoms with Gasteiger partial charge in [0.15, 0.2) is 5.82 Å². The summed E-state index contributed by atoms with van der Waals surface area (Å²) in [6.07, 6.45) is 7.51. The Bertz CT molecular complexity index is 815. The minimum atomic E-state index is -3.26. The van der Waals surface area contributed by atoms with E-state index in [9.17, 15) is 8.42 Å². The molecule has 0 saturated carbocycles. The van der Waals surface area contributed by atoms with E-state index in [0.717, 1.165) is 36.5 Å². The second-order valence-electron chi connectivity index (χ2n) is 5.97. The molecule has 3 heterocycles. The monoisotopic (exact) mass is 335 g/mol. The number of piperidine rings is 1. The third-order valence-electron chi connectivity index (χ3n) is 4.13. The highest BCUT2D eigenvalue weighted by atomic mass is 32.2. The van der Waals surface area contributed by atoms with Gasteiger partial charge in [-0.2, -0.15) is 4.31 Å². The molecule has 1 aliphatic heterocycles. The van der Waals surface area contributed by atoms with E-state index in [2.05, 4.69) is 15.0 Å². The molecule has 0 amide bonds. The van der Waals surface area contributed by atoms with Crippen LogP contribution in [0.4, 0.5) is 0 Å². The summed E-state index contributed by atoms with van der Waals surface area (Å²) in [5.41, 5.74) is 1.47. The maximum Gasteiger partial charge on any atom is 0.211 e. The lowest BCUT2D eigenvalue weighted by Gasteiger charge is -2.33. The Kier molecular flexibility index (Phi) is 4.20. The number of hydrogen-bond acceptors (Lipinski definition) is 5. The van der Waals surface area contributed by atoms with Gasteiger partial charge in [0.25, 0.3) is 0 Å². The summed E-state index contributed by atoms with van der Waals surface area (Å²) in [4.78, 5) is 13.3.